The van der Waals surface area contributed by atoms with Crippen molar-refractivity contribution in [2.75, 3.05) is 13.7 Å². The Labute approximate surface area is 177 Å². The van der Waals surface area contributed by atoms with Crippen molar-refractivity contribution in [2.45, 2.75) is 52.9 Å². The monoisotopic (exact) mass is 411 g/mol. The third-order valence-electron chi connectivity index (χ3n) is 5.07. The van der Waals surface area contributed by atoms with Gasteiger partial charge >= 0.3 is 5.97 Å². The Hall–Kier alpha value is -3.02. The van der Waals surface area contributed by atoms with Gasteiger partial charge in [0.1, 0.15) is 0 Å². The number of ether oxygens (including phenoxy) is 2. The fourth-order valence-corrected chi connectivity index (χ4v) is 3.39. The van der Waals surface area contributed by atoms with E-state index in [1.807, 2.05) is 18.3 Å². The van der Waals surface area contributed by atoms with E-state index in [1.165, 1.54) is 18.7 Å². The molecule has 0 aromatic carbocycles. The van der Waals surface area contributed by atoms with Gasteiger partial charge in [-0.1, -0.05) is 12.5 Å². The Morgan fingerprint density at radius 3 is 2.50 bits per heavy atom. The van der Waals surface area contributed by atoms with Crippen LogP contribution in [0.5, 0.6) is 0 Å². The van der Waals surface area contributed by atoms with Crippen LogP contribution in [0.25, 0.3) is 0 Å². The Morgan fingerprint density at radius 2 is 1.87 bits per heavy atom. The van der Waals surface area contributed by atoms with Gasteiger partial charge in [-0.2, -0.15) is 0 Å². The summed E-state index contributed by atoms with van der Waals surface area (Å²) in [6.07, 6.45) is 9.15. The third kappa shape index (κ3) is 5.75. The first-order chi connectivity index (χ1) is 14.4. The summed E-state index contributed by atoms with van der Waals surface area (Å²) in [4.78, 5) is 41.8. The lowest BCUT2D eigenvalue weighted by molar-refractivity contribution is -0.138. The lowest BCUT2D eigenvalue weighted by atomic mass is 9.88. The van der Waals surface area contributed by atoms with Crippen molar-refractivity contribution in [1.29, 1.82) is 0 Å². The largest absolute Gasteiger partial charge is 0.492 e. The summed E-state index contributed by atoms with van der Waals surface area (Å²) < 4.78 is 10.3. The minimum Gasteiger partial charge on any atom is -0.492 e. The molecule has 1 aliphatic rings. The maximum Gasteiger partial charge on any atom is 0.334 e. The number of carbonyl (C=O) groups is 3. The number of nitrogens with zero attached hydrogens (tertiary/aromatic N) is 1. The van der Waals surface area contributed by atoms with Crippen LogP contribution in [0.4, 0.5) is 0 Å². The Balaban J connectivity index is 2.12. The molecule has 0 N–H and O–H groups in total. The molecule has 6 heteroatoms. The maximum absolute atomic E-state index is 12.8. The van der Waals surface area contributed by atoms with Crippen molar-refractivity contribution in [3.63, 3.8) is 0 Å². The van der Waals surface area contributed by atoms with Crippen LogP contribution < -0.4 is 0 Å². The number of aromatic nitrogens is 1. The number of methoxy groups -OCH3 is 1. The second-order valence-corrected chi connectivity index (χ2v) is 7.17. The number of carbonyl (C=O) groups excluding carboxylic acids is 3. The molecule has 0 atom stereocenters. The molecule has 160 valence electrons. The summed E-state index contributed by atoms with van der Waals surface area (Å²) >= 11 is 0. The van der Waals surface area contributed by atoms with E-state index in [-0.39, 0.29) is 35.1 Å². The van der Waals surface area contributed by atoms with Gasteiger partial charge in [0.05, 0.1) is 13.7 Å². The fourth-order valence-electron chi connectivity index (χ4n) is 3.39. The molecule has 30 heavy (non-hydrogen) atoms. The Bertz CT molecular complexity index is 893. The first kappa shape index (κ1) is 23.3. The van der Waals surface area contributed by atoms with E-state index < -0.39 is 5.97 Å². The molecule has 0 bridgehead atoms. The Kier molecular flexibility index (Phi) is 8.71. The van der Waals surface area contributed by atoms with Crippen LogP contribution in [0.15, 0.2) is 58.7 Å². The molecule has 6 nitrogen and oxygen atoms in total. The molecule has 0 saturated heterocycles. The lowest BCUT2D eigenvalue weighted by Crippen LogP contribution is -2.23. The molecule has 0 unspecified atom stereocenters. The third-order valence-corrected chi connectivity index (χ3v) is 5.07. The van der Waals surface area contributed by atoms with Gasteiger partial charge in [-0.15, -0.1) is 0 Å². The summed E-state index contributed by atoms with van der Waals surface area (Å²) in [6.45, 7) is 5.14. The number of hydrogen-bond acceptors (Lipinski definition) is 6. The first-order valence-electron chi connectivity index (χ1n) is 10.2. The van der Waals surface area contributed by atoms with Crippen molar-refractivity contribution >= 4 is 17.5 Å². The molecular weight excluding hydrogens is 382 g/mol. The quantitative estimate of drug-likeness (QED) is 0.250. The molecule has 0 fully saturated rings. The standard InChI is InChI=1S/C24H29NO5/c1-5-30-24(28)19(12-8-6-7-10-18-11-9-13-25-15-18)14-20-16(2)21(26)17(3)23(29-4)22(20)27/h9,11,13-15H,5-8,10,12H2,1-4H3/b19-14+. The normalized spacial score (nSPS) is 15.0. The summed E-state index contributed by atoms with van der Waals surface area (Å²) in [5, 5.41) is 0. The van der Waals surface area contributed by atoms with Gasteiger partial charge in [-0.05, 0) is 64.2 Å². The van der Waals surface area contributed by atoms with Crippen LogP contribution in [-0.4, -0.2) is 36.2 Å². The van der Waals surface area contributed by atoms with Crippen molar-refractivity contribution in [3.8, 4) is 0 Å². The van der Waals surface area contributed by atoms with E-state index in [4.69, 9.17) is 9.47 Å². The number of hydrogen-bond donors (Lipinski definition) is 0. The van der Waals surface area contributed by atoms with Crippen molar-refractivity contribution in [3.05, 3.63) is 64.2 Å². The zero-order valence-corrected chi connectivity index (χ0v) is 18.1. The molecule has 0 spiro atoms. The highest BCUT2D eigenvalue weighted by Crippen LogP contribution is 2.27. The molecule has 0 amide bonds. The van der Waals surface area contributed by atoms with Crippen LogP contribution in [0, 0.1) is 0 Å². The topological polar surface area (TPSA) is 82.6 Å². The average Bonchev–Trinajstić information content (AvgIpc) is 2.75. The molecule has 0 aliphatic heterocycles. The second kappa shape index (κ2) is 11.2. The number of aryl methyl sites for hydroxylation is 1. The lowest BCUT2D eigenvalue weighted by Gasteiger charge is -2.18. The number of rotatable bonds is 10. The van der Waals surface area contributed by atoms with Crippen molar-refractivity contribution in [2.24, 2.45) is 0 Å². The molecule has 0 radical (unpaired) electrons. The smallest absolute Gasteiger partial charge is 0.334 e. The van der Waals surface area contributed by atoms with Gasteiger partial charge < -0.3 is 9.47 Å². The van der Waals surface area contributed by atoms with E-state index in [2.05, 4.69) is 4.98 Å². The van der Waals surface area contributed by atoms with Gasteiger partial charge in [-0.3, -0.25) is 14.6 Å². The molecule has 1 aromatic rings. The summed E-state index contributed by atoms with van der Waals surface area (Å²) in [6, 6.07) is 3.96. The zero-order valence-electron chi connectivity index (χ0n) is 18.1. The average molecular weight is 411 g/mol. The van der Waals surface area contributed by atoms with Crippen LogP contribution in [-0.2, 0) is 30.3 Å². The van der Waals surface area contributed by atoms with Crippen LogP contribution in [0.3, 0.4) is 0 Å². The predicted molar refractivity (Wildman–Crippen MR) is 114 cm³/mol. The zero-order chi connectivity index (χ0) is 22.1. The first-order valence-corrected chi connectivity index (χ1v) is 10.2. The number of unbranched alkanes of at least 4 members (excludes halogenated alkanes) is 2. The van der Waals surface area contributed by atoms with Crippen LogP contribution >= 0.6 is 0 Å². The summed E-state index contributed by atoms with van der Waals surface area (Å²) in [5.41, 5.74) is 2.37. The minimum absolute atomic E-state index is 0.0246. The van der Waals surface area contributed by atoms with E-state index in [1.54, 1.807) is 27.0 Å². The highest BCUT2D eigenvalue weighted by atomic mass is 16.5. The van der Waals surface area contributed by atoms with E-state index in [0.717, 1.165) is 25.7 Å². The summed E-state index contributed by atoms with van der Waals surface area (Å²) in [5.74, 6) is -1.07. The molecule has 0 saturated carbocycles. The van der Waals surface area contributed by atoms with Crippen molar-refractivity contribution in [1.82, 2.24) is 4.98 Å². The fraction of sp³-hybridized carbons (Fsp3) is 0.417. The number of esters is 1. The van der Waals surface area contributed by atoms with Gasteiger partial charge in [0, 0.05) is 34.7 Å². The van der Waals surface area contributed by atoms with Crippen LogP contribution in [0.2, 0.25) is 0 Å². The number of ketones is 2. The predicted octanol–water partition coefficient (Wildman–Crippen LogP) is 4.06. The van der Waals surface area contributed by atoms with E-state index in [0.29, 0.717) is 17.6 Å². The number of Topliss-reactive ketones (excluding diaryl/α,β-unsaturated/α-hetero) is 2. The molecule has 2 rings (SSSR count). The molecule has 1 aromatic heterocycles. The SMILES string of the molecule is CCOC(=O)/C(=C/C1=C(C)C(=O)C(C)=C(OC)C1=O)CCCCCc1cccnc1. The molecule has 1 heterocycles. The highest BCUT2D eigenvalue weighted by molar-refractivity contribution is 6.25. The van der Waals surface area contributed by atoms with E-state index in [9.17, 15) is 14.4 Å². The van der Waals surface area contributed by atoms with Crippen molar-refractivity contribution < 1.29 is 23.9 Å². The van der Waals surface area contributed by atoms with Gasteiger partial charge in [0.25, 0.3) is 0 Å². The minimum atomic E-state index is -0.462. The van der Waals surface area contributed by atoms with Gasteiger partial charge in [0.2, 0.25) is 5.78 Å². The number of allylic oxidation sites excluding steroid dienone is 4. The maximum atomic E-state index is 12.8. The molecular formula is C24H29NO5. The van der Waals surface area contributed by atoms with E-state index >= 15 is 0 Å². The molecule has 1 aliphatic carbocycles. The highest BCUT2D eigenvalue weighted by Gasteiger charge is 2.31. The number of pyridine rings is 1. The van der Waals surface area contributed by atoms with Gasteiger partial charge in [-0.25, -0.2) is 4.79 Å². The Morgan fingerprint density at radius 1 is 1.10 bits per heavy atom. The van der Waals surface area contributed by atoms with Crippen LogP contribution in [0.1, 0.15) is 52.0 Å². The van der Waals surface area contributed by atoms with Gasteiger partial charge in [0.15, 0.2) is 11.5 Å². The summed E-state index contributed by atoms with van der Waals surface area (Å²) in [7, 11) is 1.36. The second-order valence-electron chi connectivity index (χ2n) is 7.17.